The van der Waals surface area contributed by atoms with E-state index in [1.54, 1.807) is 24.4 Å². The molecule has 2 aromatic rings. The van der Waals surface area contributed by atoms with Crippen molar-refractivity contribution in [2.24, 2.45) is 0 Å². The van der Waals surface area contributed by atoms with Crippen molar-refractivity contribution in [1.82, 2.24) is 20.7 Å². The van der Waals surface area contributed by atoms with Crippen molar-refractivity contribution in [3.05, 3.63) is 41.5 Å². The predicted octanol–water partition coefficient (Wildman–Crippen LogP) is 2.04. The van der Waals surface area contributed by atoms with Gasteiger partial charge >= 0.3 is 0 Å². The fraction of sp³-hybridized carbons (Fsp3) is 0.385. The molecule has 2 N–H and O–H groups in total. The lowest BCUT2D eigenvalue weighted by molar-refractivity contribution is 0.381. The third-order valence-corrected chi connectivity index (χ3v) is 2.85. The molecule has 0 bridgehead atoms. The molecule has 0 fully saturated rings. The predicted molar refractivity (Wildman–Crippen MR) is 69.5 cm³/mol. The summed E-state index contributed by atoms with van der Waals surface area (Å²) in [5, 5.41) is 13.6. The van der Waals surface area contributed by atoms with E-state index in [2.05, 4.69) is 27.7 Å². The number of H-pyrrole nitrogens is 1. The zero-order valence-electron chi connectivity index (χ0n) is 11.0. The Morgan fingerprint density at radius 2 is 2.32 bits per heavy atom. The van der Waals surface area contributed by atoms with Crippen LogP contribution in [0.2, 0.25) is 0 Å². The maximum absolute atomic E-state index is 14.3. The first-order valence-electron chi connectivity index (χ1n) is 6.19. The number of hydrogen-bond donors (Lipinski definition) is 2. The van der Waals surface area contributed by atoms with Gasteiger partial charge in [0, 0.05) is 5.56 Å². The number of hydrogen-bond acceptors (Lipinski definition) is 4. The van der Waals surface area contributed by atoms with Crippen molar-refractivity contribution in [2.75, 3.05) is 13.7 Å². The summed E-state index contributed by atoms with van der Waals surface area (Å²) >= 11 is 0. The average Bonchev–Trinajstić information content (AvgIpc) is 2.95. The number of benzene rings is 1. The molecule has 0 saturated carbocycles. The summed E-state index contributed by atoms with van der Waals surface area (Å²) < 4.78 is 19.3. The van der Waals surface area contributed by atoms with E-state index in [0.29, 0.717) is 11.3 Å². The van der Waals surface area contributed by atoms with E-state index < -0.39 is 0 Å². The first-order chi connectivity index (χ1) is 9.27. The molecule has 0 spiro atoms. The summed E-state index contributed by atoms with van der Waals surface area (Å²) in [5.74, 6) is -0.147. The molecule has 0 amide bonds. The summed E-state index contributed by atoms with van der Waals surface area (Å²) in [7, 11) is 1.45. The largest absolute Gasteiger partial charge is 0.494 e. The molecule has 0 saturated heterocycles. The monoisotopic (exact) mass is 264 g/mol. The zero-order chi connectivity index (χ0) is 13.7. The Labute approximate surface area is 111 Å². The van der Waals surface area contributed by atoms with Gasteiger partial charge in [-0.3, -0.25) is 0 Å². The molecule has 6 heteroatoms. The first kappa shape index (κ1) is 13.5. The number of nitrogens with one attached hydrogen (secondary N) is 2. The molecule has 1 aromatic heterocycles. The minimum absolute atomic E-state index is 0.226. The topological polar surface area (TPSA) is 62.8 Å². The Morgan fingerprint density at radius 3 is 2.95 bits per heavy atom. The minimum Gasteiger partial charge on any atom is -0.494 e. The van der Waals surface area contributed by atoms with Gasteiger partial charge < -0.3 is 10.1 Å². The summed E-state index contributed by atoms with van der Waals surface area (Å²) in [6.45, 7) is 2.81. The summed E-state index contributed by atoms with van der Waals surface area (Å²) in [6.07, 6.45) is 2.53. The van der Waals surface area contributed by atoms with E-state index in [-0.39, 0.29) is 17.6 Å². The fourth-order valence-electron chi connectivity index (χ4n) is 1.92. The fourth-order valence-corrected chi connectivity index (χ4v) is 1.92. The quantitative estimate of drug-likeness (QED) is 0.838. The van der Waals surface area contributed by atoms with E-state index in [1.807, 2.05) is 0 Å². The Balaban J connectivity index is 2.38. The molecule has 1 atom stereocenters. The van der Waals surface area contributed by atoms with E-state index in [1.165, 1.54) is 7.11 Å². The van der Waals surface area contributed by atoms with E-state index in [0.717, 1.165) is 13.0 Å². The Kier molecular flexibility index (Phi) is 4.46. The number of halogens is 1. The third kappa shape index (κ3) is 2.90. The molecule has 1 unspecified atom stereocenters. The van der Waals surface area contributed by atoms with Crippen LogP contribution in [0.5, 0.6) is 5.75 Å². The van der Waals surface area contributed by atoms with Gasteiger partial charge in [0.25, 0.3) is 0 Å². The smallest absolute Gasteiger partial charge is 0.170 e. The van der Waals surface area contributed by atoms with Crippen molar-refractivity contribution < 1.29 is 9.13 Å². The van der Waals surface area contributed by atoms with Gasteiger partial charge in [-0.05, 0) is 19.0 Å². The van der Waals surface area contributed by atoms with Gasteiger partial charge in [0.2, 0.25) is 0 Å². The van der Waals surface area contributed by atoms with E-state index in [4.69, 9.17) is 4.74 Å². The minimum atomic E-state index is -0.374. The second-order valence-electron chi connectivity index (χ2n) is 4.15. The van der Waals surface area contributed by atoms with E-state index in [9.17, 15) is 4.39 Å². The van der Waals surface area contributed by atoms with Gasteiger partial charge in [-0.2, -0.15) is 15.4 Å². The van der Waals surface area contributed by atoms with Gasteiger partial charge in [0.1, 0.15) is 5.69 Å². The van der Waals surface area contributed by atoms with Gasteiger partial charge in [0.05, 0.1) is 19.3 Å². The number of aromatic amines is 1. The number of methoxy groups -OCH3 is 1. The number of nitrogens with zero attached hydrogens (tertiary/aromatic N) is 2. The van der Waals surface area contributed by atoms with Crippen LogP contribution in [0.4, 0.5) is 4.39 Å². The molecule has 0 aliphatic carbocycles. The molecule has 0 aliphatic heterocycles. The standard InChI is InChI=1S/C13H17FN4O/c1-3-7-15-13(10-8-16-18-17-10)9-5-4-6-11(19-2)12(9)14/h4-6,8,13,15H,3,7H2,1-2H3,(H,16,17,18). The Morgan fingerprint density at radius 1 is 1.47 bits per heavy atom. The number of ether oxygens (including phenoxy) is 1. The molecule has 1 aromatic carbocycles. The van der Waals surface area contributed by atoms with Gasteiger partial charge in [0.15, 0.2) is 11.6 Å². The van der Waals surface area contributed by atoms with Crippen LogP contribution >= 0.6 is 0 Å². The van der Waals surface area contributed by atoms with Crippen LogP contribution in [0, 0.1) is 5.82 Å². The first-order valence-corrected chi connectivity index (χ1v) is 6.19. The number of rotatable bonds is 6. The molecular formula is C13H17FN4O. The molecule has 0 radical (unpaired) electrons. The van der Waals surface area contributed by atoms with Gasteiger partial charge in [-0.25, -0.2) is 4.39 Å². The van der Waals surface area contributed by atoms with Crippen LogP contribution in [-0.4, -0.2) is 29.1 Å². The summed E-state index contributed by atoms with van der Waals surface area (Å²) in [5.41, 5.74) is 1.15. The maximum Gasteiger partial charge on any atom is 0.170 e. The normalized spacial score (nSPS) is 12.4. The van der Waals surface area contributed by atoms with E-state index >= 15 is 0 Å². The highest BCUT2D eigenvalue weighted by atomic mass is 19.1. The third-order valence-electron chi connectivity index (χ3n) is 2.85. The van der Waals surface area contributed by atoms with Crippen molar-refractivity contribution in [1.29, 1.82) is 0 Å². The molecule has 102 valence electrons. The van der Waals surface area contributed by atoms with Crippen LogP contribution in [0.1, 0.15) is 30.6 Å². The molecule has 19 heavy (non-hydrogen) atoms. The van der Waals surface area contributed by atoms with Crippen molar-refractivity contribution >= 4 is 0 Å². The molecule has 1 heterocycles. The van der Waals surface area contributed by atoms with Crippen molar-refractivity contribution in [2.45, 2.75) is 19.4 Å². The molecule has 0 aliphatic rings. The number of aromatic nitrogens is 3. The Bertz CT molecular complexity index is 515. The highest BCUT2D eigenvalue weighted by molar-refractivity contribution is 5.36. The highest BCUT2D eigenvalue weighted by Crippen LogP contribution is 2.28. The van der Waals surface area contributed by atoms with Crippen molar-refractivity contribution in [3.8, 4) is 5.75 Å². The lowest BCUT2D eigenvalue weighted by atomic mass is 10.0. The summed E-state index contributed by atoms with van der Waals surface area (Å²) in [4.78, 5) is 0. The second kappa shape index (κ2) is 6.29. The summed E-state index contributed by atoms with van der Waals surface area (Å²) in [6, 6.07) is 4.74. The van der Waals surface area contributed by atoms with Crippen LogP contribution < -0.4 is 10.1 Å². The highest BCUT2D eigenvalue weighted by Gasteiger charge is 2.21. The lowest BCUT2D eigenvalue weighted by Crippen LogP contribution is -2.24. The van der Waals surface area contributed by atoms with Crippen LogP contribution in [0.15, 0.2) is 24.4 Å². The van der Waals surface area contributed by atoms with Gasteiger partial charge in [-0.1, -0.05) is 19.1 Å². The maximum atomic E-state index is 14.3. The van der Waals surface area contributed by atoms with Crippen LogP contribution in [0.3, 0.4) is 0 Å². The zero-order valence-corrected chi connectivity index (χ0v) is 11.0. The van der Waals surface area contributed by atoms with Crippen LogP contribution in [0.25, 0.3) is 0 Å². The molecule has 5 nitrogen and oxygen atoms in total. The second-order valence-corrected chi connectivity index (χ2v) is 4.15. The van der Waals surface area contributed by atoms with Crippen LogP contribution in [-0.2, 0) is 0 Å². The molecular weight excluding hydrogens is 247 g/mol. The van der Waals surface area contributed by atoms with Gasteiger partial charge in [-0.15, -0.1) is 0 Å². The lowest BCUT2D eigenvalue weighted by Gasteiger charge is -2.18. The van der Waals surface area contributed by atoms with Crippen molar-refractivity contribution in [3.63, 3.8) is 0 Å². The average molecular weight is 264 g/mol. The molecule has 2 rings (SSSR count). The SMILES string of the molecule is CCCNC(c1cn[nH]n1)c1cccc(OC)c1F. The Hall–Kier alpha value is -1.95.